The molecule has 1 aromatic heterocycles. The number of thioether (sulfide) groups is 1. The molecule has 0 saturated heterocycles. The number of hydrogen-bond acceptors (Lipinski definition) is 7. The highest BCUT2D eigenvalue weighted by Crippen LogP contribution is 2.28. The fourth-order valence-corrected chi connectivity index (χ4v) is 3.88. The number of fused-ring (bicyclic) bond motifs is 2. The summed E-state index contributed by atoms with van der Waals surface area (Å²) in [6.45, 7) is 4.32. The molecular weight excluding hydrogens is 426 g/mol. The molecular formula is C25H25NO5S. The van der Waals surface area contributed by atoms with Gasteiger partial charge in [0, 0.05) is 5.75 Å². The van der Waals surface area contributed by atoms with E-state index in [1.807, 2.05) is 50.2 Å². The number of nitrogens with zero attached hydrogens (tertiary/aromatic N) is 1. The number of carbonyl (C=O) groups excluding carboxylic acids is 1. The number of carbonyl (C=O) groups is 1. The number of benzene rings is 3. The minimum absolute atomic E-state index is 0.0333. The molecule has 6 nitrogen and oxygen atoms in total. The molecule has 0 fully saturated rings. The van der Waals surface area contributed by atoms with Crippen LogP contribution in [0.3, 0.4) is 0 Å². The fourth-order valence-electron chi connectivity index (χ4n) is 3.14. The van der Waals surface area contributed by atoms with Crippen LogP contribution in [0.4, 0.5) is 0 Å². The van der Waals surface area contributed by atoms with Gasteiger partial charge in [-0.05, 0) is 41.0 Å². The van der Waals surface area contributed by atoms with Crippen LogP contribution in [-0.2, 0) is 4.74 Å². The number of aromatic nitrogens is 1. The van der Waals surface area contributed by atoms with Crippen LogP contribution >= 0.6 is 11.8 Å². The summed E-state index contributed by atoms with van der Waals surface area (Å²) in [5.41, 5.74) is 1.84. The first-order valence-corrected chi connectivity index (χ1v) is 11.5. The third-order valence-corrected chi connectivity index (χ3v) is 5.69. The molecule has 1 atom stereocenters. The monoisotopic (exact) mass is 451 g/mol. The highest BCUT2D eigenvalue weighted by molar-refractivity contribution is 7.99. The summed E-state index contributed by atoms with van der Waals surface area (Å²) in [5.74, 6) is 0.541. The second kappa shape index (κ2) is 10.1. The summed E-state index contributed by atoms with van der Waals surface area (Å²) in [7, 11) is 0. The van der Waals surface area contributed by atoms with Gasteiger partial charge in [0.1, 0.15) is 23.4 Å². The van der Waals surface area contributed by atoms with E-state index in [-0.39, 0.29) is 12.5 Å². The van der Waals surface area contributed by atoms with Crippen LogP contribution in [0, 0.1) is 5.92 Å². The molecule has 32 heavy (non-hydrogen) atoms. The Morgan fingerprint density at radius 1 is 1.06 bits per heavy atom. The van der Waals surface area contributed by atoms with Gasteiger partial charge in [0.2, 0.25) is 0 Å². The Hall–Kier alpha value is -3.03. The topological polar surface area (TPSA) is 81.8 Å². The highest BCUT2D eigenvalue weighted by atomic mass is 32.2. The summed E-state index contributed by atoms with van der Waals surface area (Å²) < 4.78 is 16.8. The lowest BCUT2D eigenvalue weighted by Gasteiger charge is -2.14. The van der Waals surface area contributed by atoms with Gasteiger partial charge in [0.05, 0.1) is 12.7 Å². The lowest BCUT2D eigenvalue weighted by atomic mass is 10.1. The van der Waals surface area contributed by atoms with E-state index in [1.165, 1.54) is 11.8 Å². The van der Waals surface area contributed by atoms with Crippen LogP contribution in [0.25, 0.3) is 21.9 Å². The Morgan fingerprint density at radius 3 is 2.56 bits per heavy atom. The largest absolute Gasteiger partial charge is 0.490 e. The molecule has 0 radical (unpaired) electrons. The summed E-state index contributed by atoms with van der Waals surface area (Å²) in [4.78, 5) is 16.8. The first kappa shape index (κ1) is 22.2. The third kappa shape index (κ3) is 5.41. The van der Waals surface area contributed by atoms with Gasteiger partial charge in [-0.15, -0.1) is 0 Å². The predicted octanol–water partition coefficient (Wildman–Crippen LogP) is 5.33. The number of ether oxygens (including phenoxy) is 2. The van der Waals surface area contributed by atoms with E-state index in [0.717, 1.165) is 16.3 Å². The van der Waals surface area contributed by atoms with Gasteiger partial charge in [-0.3, -0.25) is 0 Å². The van der Waals surface area contributed by atoms with Crippen molar-refractivity contribution in [2.75, 3.05) is 19.0 Å². The van der Waals surface area contributed by atoms with Crippen molar-refractivity contribution in [1.29, 1.82) is 0 Å². The van der Waals surface area contributed by atoms with Crippen LogP contribution in [0.1, 0.15) is 24.2 Å². The molecule has 0 aliphatic carbocycles. The average Bonchev–Trinajstić information content (AvgIpc) is 3.20. The standard InChI is InChI=1S/C25H25NO5S/c1-16(2)13-30-24(28)20-9-5-6-10-22(20)29-14-19(27)15-32-25-26-21-11-17-7-3-4-8-18(17)12-23(21)31-25/h3-12,16,19,27H,13-15H2,1-2H3. The van der Waals surface area contributed by atoms with E-state index in [2.05, 4.69) is 4.98 Å². The fraction of sp³-hybridized carbons (Fsp3) is 0.280. The van der Waals surface area contributed by atoms with Gasteiger partial charge in [-0.1, -0.05) is 62.0 Å². The van der Waals surface area contributed by atoms with Crippen LogP contribution in [0.5, 0.6) is 5.75 Å². The van der Waals surface area contributed by atoms with Crippen molar-refractivity contribution in [3.05, 3.63) is 66.2 Å². The van der Waals surface area contributed by atoms with Crippen molar-refractivity contribution in [1.82, 2.24) is 4.98 Å². The van der Waals surface area contributed by atoms with E-state index < -0.39 is 12.1 Å². The molecule has 0 aliphatic rings. The molecule has 7 heteroatoms. The maximum atomic E-state index is 12.3. The van der Waals surface area contributed by atoms with Crippen LogP contribution < -0.4 is 4.74 Å². The van der Waals surface area contributed by atoms with Crippen molar-refractivity contribution in [3.63, 3.8) is 0 Å². The van der Waals surface area contributed by atoms with Crippen molar-refractivity contribution in [3.8, 4) is 5.75 Å². The molecule has 0 saturated carbocycles. The van der Waals surface area contributed by atoms with Crippen LogP contribution in [-0.4, -0.2) is 41.1 Å². The molecule has 166 valence electrons. The molecule has 4 aromatic rings. The number of para-hydroxylation sites is 1. The van der Waals surface area contributed by atoms with Crippen LogP contribution in [0.15, 0.2) is 70.3 Å². The molecule has 1 N–H and O–H groups in total. The Kier molecular flexibility index (Phi) is 6.97. The molecule has 3 aromatic carbocycles. The Balaban J connectivity index is 1.34. The molecule has 0 aliphatic heterocycles. The van der Waals surface area contributed by atoms with E-state index in [0.29, 0.717) is 34.5 Å². The molecule has 0 spiro atoms. The first-order valence-electron chi connectivity index (χ1n) is 10.5. The second-order valence-electron chi connectivity index (χ2n) is 7.91. The zero-order valence-electron chi connectivity index (χ0n) is 18.0. The summed E-state index contributed by atoms with van der Waals surface area (Å²) >= 11 is 1.32. The van der Waals surface area contributed by atoms with Gasteiger partial charge < -0.3 is 19.0 Å². The normalized spacial score (nSPS) is 12.4. The molecule has 1 heterocycles. The molecule has 4 rings (SSSR count). The van der Waals surface area contributed by atoms with Crippen molar-refractivity contribution in [2.45, 2.75) is 25.2 Å². The molecule has 1 unspecified atom stereocenters. The lowest BCUT2D eigenvalue weighted by Crippen LogP contribution is -2.21. The predicted molar refractivity (Wildman–Crippen MR) is 125 cm³/mol. The number of oxazole rings is 1. The minimum Gasteiger partial charge on any atom is -0.490 e. The average molecular weight is 452 g/mol. The van der Waals surface area contributed by atoms with Gasteiger partial charge in [0.15, 0.2) is 5.58 Å². The highest BCUT2D eigenvalue weighted by Gasteiger charge is 2.16. The summed E-state index contributed by atoms with van der Waals surface area (Å²) in [6, 6.07) is 18.9. The second-order valence-corrected chi connectivity index (χ2v) is 8.88. The summed E-state index contributed by atoms with van der Waals surface area (Å²) in [5, 5.41) is 13.1. The smallest absolute Gasteiger partial charge is 0.341 e. The Labute approximate surface area is 190 Å². The number of rotatable bonds is 9. The summed E-state index contributed by atoms with van der Waals surface area (Å²) in [6.07, 6.45) is -0.770. The SMILES string of the molecule is CC(C)COC(=O)c1ccccc1OCC(O)CSc1nc2cc3ccccc3cc2o1. The van der Waals surface area contributed by atoms with E-state index in [9.17, 15) is 9.90 Å². The van der Waals surface area contributed by atoms with Crippen molar-refractivity contribution >= 4 is 39.6 Å². The quantitative estimate of drug-likeness (QED) is 0.272. The minimum atomic E-state index is -0.770. The molecule has 0 bridgehead atoms. The third-order valence-electron chi connectivity index (χ3n) is 4.72. The van der Waals surface area contributed by atoms with Gasteiger partial charge >= 0.3 is 5.97 Å². The Bertz CT molecular complexity index is 1170. The zero-order chi connectivity index (χ0) is 22.5. The van der Waals surface area contributed by atoms with Crippen molar-refractivity contribution in [2.24, 2.45) is 5.92 Å². The van der Waals surface area contributed by atoms with Gasteiger partial charge in [-0.25, -0.2) is 9.78 Å². The van der Waals surface area contributed by atoms with Crippen molar-refractivity contribution < 1.29 is 23.8 Å². The maximum Gasteiger partial charge on any atom is 0.341 e. The Morgan fingerprint density at radius 2 is 1.78 bits per heavy atom. The maximum absolute atomic E-state index is 12.3. The van der Waals surface area contributed by atoms with Gasteiger partial charge in [0.25, 0.3) is 5.22 Å². The zero-order valence-corrected chi connectivity index (χ0v) is 18.8. The van der Waals surface area contributed by atoms with E-state index in [1.54, 1.807) is 24.3 Å². The number of esters is 1. The lowest BCUT2D eigenvalue weighted by molar-refractivity contribution is 0.0450. The van der Waals surface area contributed by atoms with E-state index >= 15 is 0 Å². The number of aliphatic hydroxyl groups excluding tert-OH is 1. The first-order chi connectivity index (χ1) is 15.5. The van der Waals surface area contributed by atoms with Crippen LogP contribution in [0.2, 0.25) is 0 Å². The number of hydrogen-bond donors (Lipinski definition) is 1. The number of aliphatic hydroxyl groups is 1. The van der Waals surface area contributed by atoms with Gasteiger partial charge in [-0.2, -0.15) is 0 Å². The van der Waals surface area contributed by atoms with E-state index in [4.69, 9.17) is 13.9 Å². The molecule has 0 amide bonds.